The standard InChI is InChI=1S/C19H20N4O3/c1-11-9-15(16-12(2)21-23(4)17(16)20-11)18(24)22(3)10-13-5-7-14(8-6-13)19(25)26/h5-9H,10H2,1-4H3,(H,25,26). The average Bonchev–Trinajstić information content (AvgIpc) is 2.88. The lowest BCUT2D eigenvalue weighted by atomic mass is 10.1. The molecule has 0 saturated heterocycles. The minimum Gasteiger partial charge on any atom is -0.478 e. The van der Waals surface area contributed by atoms with Gasteiger partial charge in [-0.25, -0.2) is 9.78 Å². The van der Waals surface area contributed by atoms with E-state index in [0.717, 1.165) is 22.3 Å². The zero-order chi connectivity index (χ0) is 19.0. The van der Waals surface area contributed by atoms with Gasteiger partial charge in [-0.15, -0.1) is 0 Å². The van der Waals surface area contributed by atoms with Crippen LogP contribution >= 0.6 is 0 Å². The van der Waals surface area contributed by atoms with Crippen LogP contribution in [0.4, 0.5) is 0 Å². The third-order valence-electron chi connectivity index (χ3n) is 4.29. The molecule has 0 atom stereocenters. The SMILES string of the molecule is Cc1cc(C(=O)N(C)Cc2ccc(C(=O)O)cc2)c2c(C)nn(C)c2n1. The number of carboxylic acids is 1. The van der Waals surface area contributed by atoms with Crippen molar-refractivity contribution in [3.63, 3.8) is 0 Å². The molecule has 3 rings (SSSR count). The smallest absolute Gasteiger partial charge is 0.335 e. The van der Waals surface area contributed by atoms with E-state index in [2.05, 4.69) is 10.1 Å². The van der Waals surface area contributed by atoms with Gasteiger partial charge in [-0.3, -0.25) is 9.48 Å². The van der Waals surface area contributed by atoms with Gasteiger partial charge in [0.25, 0.3) is 5.91 Å². The number of hydrogen-bond acceptors (Lipinski definition) is 4. The number of nitrogens with zero attached hydrogens (tertiary/aromatic N) is 4. The quantitative estimate of drug-likeness (QED) is 0.779. The van der Waals surface area contributed by atoms with E-state index in [9.17, 15) is 9.59 Å². The van der Waals surface area contributed by atoms with Gasteiger partial charge in [0.2, 0.25) is 0 Å². The number of carbonyl (C=O) groups is 2. The number of hydrogen-bond donors (Lipinski definition) is 1. The maximum atomic E-state index is 13.0. The van der Waals surface area contributed by atoms with Crippen molar-refractivity contribution < 1.29 is 14.7 Å². The van der Waals surface area contributed by atoms with Gasteiger partial charge in [0, 0.05) is 26.3 Å². The summed E-state index contributed by atoms with van der Waals surface area (Å²) in [5.41, 5.74) is 3.85. The highest BCUT2D eigenvalue weighted by Crippen LogP contribution is 2.23. The van der Waals surface area contributed by atoms with E-state index in [-0.39, 0.29) is 11.5 Å². The van der Waals surface area contributed by atoms with Gasteiger partial charge in [0.15, 0.2) is 5.65 Å². The molecule has 0 spiro atoms. The number of rotatable bonds is 4. The third-order valence-corrected chi connectivity index (χ3v) is 4.29. The molecule has 1 N–H and O–H groups in total. The molecular weight excluding hydrogens is 332 g/mol. The lowest BCUT2D eigenvalue weighted by Crippen LogP contribution is -2.26. The number of pyridine rings is 1. The number of aromatic carboxylic acids is 1. The lowest BCUT2D eigenvalue weighted by Gasteiger charge is -2.18. The van der Waals surface area contributed by atoms with Crippen LogP contribution in [0.5, 0.6) is 0 Å². The molecule has 7 nitrogen and oxygen atoms in total. The van der Waals surface area contributed by atoms with Crippen LogP contribution in [0, 0.1) is 13.8 Å². The van der Waals surface area contributed by atoms with Crippen molar-refractivity contribution >= 4 is 22.9 Å². The summed E-state index contributed by atoms with van der Waals surface area (Å²) in [6.45, 7) is 4.09. The molecular formula is C19H20N4O3. The molecule has 1 aromatic carbocycles. The van der Waals surface area contributed by atoms with E-state index < -0.39 is 5.97 Å². The number of aryl methyl sites for hydroxylation is 3. The van der Waals surface area contributed by atoms with Gasteiger partial charge in [0.05, 0.1) is 22.2 Å². The molecule has 0 radical (unpaired) electrons. The largest absolute Gasteiger partial charge is 0.478 e. The van der Waals surface area contributed by atoms with E-state index in [1.54, 1.807) is 34.8 Å². The van der Waals surface area contributed by atoms with Crippen molar-refractivity contribution in [2.45, 2.75) is 20.4 Å². The number of amides is 1. The highest BCUT2D eigenvalue weighted by Gasteiger charge is 2.20. The predicted molar refractivity (Wildman–Crippen MR) is 97.2 cm³/mol. The molecule has 0 bridgehead atoms. The van der Waals surface area contributed by atoms with Crippen LogP contribution in [0.2, 0.25) is 0 Å². The summed E-state index contributed by atoms with van der Waals surface area (Å²) in [4.78, 5) is 30.0. The number of fused-ring (bicyclic) bond motifs is 1. The molecule has 0 aliphatic rings. The van der Waals surface area contributed by atoms with Gasteiger partial charge in [-0.1, -0.05) is 12.1 Å². The van der Waals surface area contributed by atoms with Crippen LogP contribution in [-0.2, 0) is 13.6 Å². The van der Waals surface area contributed by atoms with Crippen LogP contribution < -0.4 is 0 Å². The van der Waals surface area contributed by atoms with Crippen LogP contribution in [0.1, 0.15) is 37.7 Å². The first-order valence-corrected chi connectivity index (χ1v) is 8.16. The molecule has 1 amide bonds. The summed E-state index contributed by atoms with van der Waals surface area (Å²) in [7, 11) is 3.53. The van der Waals surface area contributed by atoms with Crippen molar-refractivity contribution in [3.05, 3.63) is 58.4 Å². The van der Waals surface area contributed by atoms with Gasteiger partial charge in [0.1, 0.15) is 0 Å². The second kappa shape index (κ2) is 6.59. The minimum atomic E-state index is -0.970. The summed E-state index contributed by atoms with van der Waals surface area (Å²) >= 11 is 0. The van der Waals surface area contributed by atoms with Crippen LogP contribution in [0.15, 0.2) is 30.3 Å². The highest BCUT2D eigenvalue weighted by atomic mass is 16.4. The molecule has 0 fully saturated rings. The van der Waals surface area contributed by atoms with Crippen molar-refractivity contribution in [1.82, 2.24) is 19.7 Å². The molecule has 0 aliphatic carbocycles. The monoisotopic (exact) mass is 352 g/mol. The molecule has 3 aromatic rings. The number of aromatic nitrogens is 3. The van der Waals surface area contributed by atoms with E-state index >= 15 is 0 Å². The van der Waals surface area contributed by atoms with Crippen molar-refractivity contribution in [2.24, 2.45) is 7.05 Å². The van der Waals surface area contributed by atoms with Crippen molar-refractivity contribution in [3.8, 4) is 0 Å². The fraction of sp³-hybridized carbons (Fsp3) is 0.263. The molecule has 0 saturated carbocycles. The van der Waals surface area contributed by atoms with Crippen LogP contribution in [0.3, 0.4) is 0 Å². The van der Waals surface area contributed by atoms with Gasteiger partial charge in [-0.2, -0.15) is 5.10 Å². The predicted octanol–water partition coefficient (Wildman–Crippen LogP) is 2.56. The first kappa shape index (κ1) is 17.6. The zero-order valence-electron chi connectivity index (χ0n) is 15.1. The van der Waals surface area contributed by atoms with Gasteiger partial charge < -0.3 is 10.0 Å². The molecule has 134 valence electrons. The van der Waals surface area contributed by atoms with E-state index in [1.165, 1.54) is 12.1 Å². The van der Waals surface area contributed by atoms with Gasteiger partial charge >= 0.3 is 5.97 Å². The molecule has 7 heteroatoms. The number of carbonyl (C=O) groups excluding carboxylic acids is 1. The third kappa shape index (κ3) is 3.15. The Hall–Kier alpha value is -3.22. The molecule has 2 heterocycles. The summed E-state index contributed by atoms with van der Waals surface area (Å²) < 4.78 is 1.68. The van der Waals surface area contributed by atoms with Crippen molar-refractivity contribution in [2.75, 3.05) is 7.05 Å². The lowest BCUT2D eigenvalue weighted by molar-refractivity contribution is 0.0695. The Bertz CT molecular complexity index is 1010. The Balaban J connectivity index is 1.91. The maximum absolute atomic E-state index is 13.0. The summed E-state index contributed by atoms with van der Waals surface area (Å²) in [5.74, 6) is -1.10. The minimum absolute atomic E-state index is 0.126. The Labute approximate surface area is 150 Å². The fourth-order valence-corrected chi connectivity index (χ4v) is 3.04. The first-order chi connectivity index (χ1) is 12.3. The highest BCUT2D eigenvalue weighted by molar-refractivity contribution is 6.06. The summed E-state index contributed by atoms with van der Waals surface area (Å²) in [5, 5.41) is 14.1. The zero-order valence-corrected chi connectivity index (χ0v) is 15.1. The second-order valence-electron chi connectivity index (χ2n) is 6.38. The normalized spacial score (nSPS) is 10.9. The average molecular weight is 352 g/mol. The Kier molecular flexibility index (Phi) is 4.46. The Morgan fingerprint density at radius 1 is 1.19 bits per heavy atom. The van der Waals surface area contributed by atoms with E-state index in [0.29, 0.717) is 17.8 Å². The maximum Gasteiger partial charge on any atom is 0.335 e. The van der Waals surface area contributed by atoms with Crippen LogP contribution in [0.25, 0.3) is 11.0 Å². The summed E-state index contributed by atoms with van der Waals surface area (Å²) in [6, 6.07) is 8.29. The Morgan fingerprint density at radius 3 is 2.46 bits per heavy atom. The molecule has 26 heavy (non-hydrogen) atoms. The van der Waals surface area contributed by atoms with Gasteiger partial charge in [-0.05, 0) is 37.6 Å². The Morgan fingerprint density at radius 2 is 1.85 bits per heavy atom. The second-order valence-corrected chi connectivity index (χ2v) is 6.38. The van der Waals surface area contributed by atoms with Crippen molar-refractivity contribution in [1.29, 1.82) is 0 Å². The van der Waals surface area contributed by atoms with Crippen LogP contribution in [-0.4, -0.2) is 43.7 Å². The molecule has 2 aromatic heterocycles. The van der Waals surface area contributed by atoms with E-state index in [4.69, 9.17) is 5.11 Å². The molecule has 0 aliphatic heterocycles. The van der Waals surface area contributed by atoms with E-state index in [1.807, 2.05) is 20.9 Å². The number of carboxylic acid groups (broad SMARTS) is 1. The summed E-state index contributed by atoms with van der Waals surface area (Å²) in [6.07, 6.45) is 0. The first-order valence-electron chi connectivity index (χ1n) is 8.16. The molecule has 0 unspecified atom stereocenters. The number of benzene rings is 1. The topological polar surface area (TPSA) is 88.3 Å². The fourth-order valence-electron chi connectivity index (χ4n) is 3.04.